The first kappa shape index (κ1) is 10.7. The van der Waals surface area contributed by atoms with E-state index >= 15 is 0 Å². The first-order valence-corrected chi connectivity index (χ1v) is 5.17. The fourth-order valence-electron chi connectivity index (χ4n) is 1.92. The van der Waals surface area contributed by atoms with E-state index in [1.807, 2.05) is 0 Å². The highest BCUT2D eigenvalue weighted by molar-refractivity contribution is 5.93. The lowest BCUT2D eigenvalue weighted by Gasteiger charge is -2.15. The van der Waals surface area contributed by atoms with Crippen LogP contribution in [-0.2, 0) is 15.0 Å². The number of aliphatic carboxylic acids is 1. The topological polar surface area (TPSA) is 66.4 Å². The number of para-hydroxylation sites is 1. The van der Waals surface area contributed by atoms with Gasteiger partial charge in [-0.3, -0.25) is 9.59 Å². The fourth-order valence-corrected chi connectivity index (χ4v) is 1.92. The molecule has 0 heterocycles. The molecule has 84 valence electrons. The molecule has 0 atom stereocenters. The van der Waals surface area contributed by atoms with E-state index in [1.54, 1.807) is 24.3 Å². The Morgan fingerprint density at radius 1 is 1.31 bits per heavy atom. The first-order chi connectivity index (χ1) is 7.56. The van der Waals surface area contributed by atoms with Gasteiger partial charge in [0.25, 0.3) is 0 Å². The van der Waals surface area contributed by atoms with Gasteiger partial charge in [-0.05, 0) is 24.5 Å². The minimum absolute atomic E-state index is 0.186. The van der Waals surface area contributed by atoms with Gasteiger partial charge in [-0.1, -0.05) is 18.2 Å². The maximum Gasteiger partial charge on any atom is 0.314 e. The highest BCUT2D eigenvalue weighted by Crippen LogP contribution is 2.50. The molecular weight excluding hydrogens is 206 g/mol. The van der Waals surface area contributed by atoms with Crippen LogP contribution in [0.3, 0.4) is 0 Å². The van der Waals surface area contributed by atoms with Crippen LogP contribution in [0.2, 0.25) is 0 Å². The molecule has 1 aliphatic rings. The summed E-state index contributed by atoms with van der Waals surface area (Å²) < 4.78 is 0. The number of benzene rings is 1. The molecule has 1 aromatic rings. The normalized spacial score (nSPS) is 16.6. The van der Waals surface area contributed by atoms with Crippen molar-refractivity contribution in [2.24, 2.45) is 0 Å². The summed E-state index contributed by atoms with van der Waals surface area (Å²) in [6.45, 7) is 1.41. The SMILES string of the molecule is CC(=O)Nc1ccccc1C1(C(=O)O)CC1. The quantitative estimate of drug-likeness (QED) is 0.814. The summed E-state index contributed by atoms with van der Waals surface area (Å²) in [6.07, 6.45) is 1.28. The lowest BCUT2D eigenvalue weighted by molar-refractivity contribution is -0.140. The molecule has 0 bridgehead atoms. The Hall–Kier alpha value is -1.84. The molecule has 0 spiro atoms. The van der Waals surface area contributed by atoms with Gasteiger partial charge in [-0.25, -0.2) is 0 Å². The van der Waals surface area contributed by atoms with E-state index < -0.39 is 11.4 Å². The van der Waals surface area contributed by atoms with Crippen LogP contribution in [0.25, 0.3) is 0 Å². The maximum absolute atomic E-state index is 11.2. The zero-order chi connectivity index (χ0) is 11.8. The van der Waals surface area contributed by atoms with Crippen molar-refractivity contribution in [1.82, 2.24) is 0 Å². The van der Waals surface area contributed by atoms with Crippen molar-refractivity contribution in [3.05, 3.63) is 29.8 Å². The minimum Gasteiger partial charge on any atom is -0.481 e. The molecule has 2 N–H and O–H groups in total. The van der Waals surface area contributed by atoms with Gasteiger partial charge in [0.1, 0.15) is 0 Å². The van der Waals surface area contributed by atoms with Gasteiger partial charge >= 0.3 is 5.97 Å². The van der Waals surface area contributed by atoms with Gasteiger partial charge < -0.3 is 10.4 Å². The van der Waals surface area contributed by atoms with Crippen LogP contribution >= 0.6 is 0 Å². The summed E-state index contributed by atoms with van der Waals surface area (Å²) >= 11 is 0. The molecule has 1 saturated carbocycles. The Bertz CT molecular complexity index is 449. The van der Waals surface area contributed by atoms with Gasteiger partial charge in [0, 0.05) is 12.6 Å². The van der Waals surface area contributed by atoms with Crippen molar-refractivity contribution in [3.63, 3.8) is 0 Å². The first-order valence-electron chi connectivity index (χ1n) is 5.17. The predicted octanol–water partition coefficient (Wildman–Crippen LogP) is 1.76. The van der Waals surface area contributed by atoms with Gasteiger partial charge in [0.2, 0.25) is 5.91 Å². The Labute approximate surface area is 93.3 Å². The molecule has 0 saturated heterocycles. The number of carbonyl (C=O) groups is 2. The fraction of sp³-hybridized carbons (Fsp3) is 0.333. The van der Waals surface area contributed by atoms with Gasteiger partial charge in [0.15, 0.2) is 0 Å². The average molecular weight is 219 g/mol. The summed E-state index contributed by atoms with van der Waals surface area (Å²) in [5.74, 6) is -1.00. The number of carbonyl (C=O) groups excluding carboxylic acids is 1. The van der Waals surface area contributed by atoms with Crippen molar-refractivity contribution in [3.8, 4) is 0 Å². The molecule has 0 aliphatic heterocycles. The van der Waals surface area contributed by atoms with Crippen LogP contribution in [0.15, 0.2) is 24.3 Å². The van der Waals surface area contributed by atoms with Gasteiger partial charge in [0.05, 0.1) is 5.41 Å². The summed E-state index contributed by atoms with van der Waals surface area (Å²) in [5, 5.41) is 11.9. The molecule has 0 radical (unpaired) electrons. The van der Waals surface area contributed by atoms with Gasteiger partial charge in [-0.15, -0.1) is 0 Å². The number of hydrogen-bond acceptors (Lipinski definition) is 2. The summed E-state index contributed by atoms with van der Waals surface area (Å²) in [7, 11) is 0. The molecule has 1 fully saturated rings. The van der Waals surface area contributed by atoms with E-state index in [2.05, 4.69) is 5.32 Å². The number of rotatable bonds is 3. The van der Waals surface area contributed by atoms with E-state index in [1.165, 1.54) is 6.92 Å². The van der Waals surface area contributed by atoms with Crippen LogP contribution in [-0.4, -0.2) is 17.0 Å². The number of amides is 1. The molecule has 4 nitrogen and oxygen atoms in total. The van der Waals surface area contributed by atoms with Crippen LogP contribution in [0.1, 0.15) is 25.3 Å². The smallest absolute Gasteiger partial charge is 0.314 e. The lowest BCUT2D eigenvalue weighted by Crippen LogP contribution is -2.22. The highest BCUT2D eigenvalue weighted by Gasteiger charge is 2.52. The largest absolute Gasteiger partial charge is 0.481 e. The van der Waals surface area contributed by atoms with Crippen molar-refractivity contribution >= 4 is 17.6 Å². The number of hydrogen-bond donors (Lipinski definition) is 2. The van der Waals surface area contributed by atoms with E-state index in [0.29, 0.717) is 24.1 Å². The number of nitrogens with one attached hydrogen (secondary N) is 1. The Morgan fingerprint density at radius 3 is 2.44 bits per heavy atom. The number of carboxylic acid groups (broad SMARTS) is 1. The van der Waals surface area contributed by atoms with Crippen LogP contribution in [0.5, 0.6) is 0 Å². The second-order valence-electron chi connectivity index (χ2n) is 4.11. The van der Waals surface area contributed by atoms with E-state index in [0.717, 1.165) is 0 Å². The van der Waals surface area contributed by atoms with Crippen molar-refractivity contribution in [2.45, 2.75) is 25.2 Å². The summed E-state index contributed by atoms with van der Waals surface area (Å²) in [4.78, 5) is 22.2. The number of carboxylic acids is 1. The zero-order valence-corrected chi connectivity index (χ0v) is 8.99. The second kappa shape index (κ2) is 3.63. The van der Waals surface area contributed by atoms with Crippen LogP contribution in [0.4, 0.5) is 5.69 Å². The Morgan fingerprint density at radius 2 is 1.94 bits per heavy atom. The molecular formula is C12H13NO3. The zero-order valence-electron chi connectivity index (χ0n) is 8.99. The maximum atomic E-state index is 11.2. The van der Waals surface area contributed by atoms with E-state index in [-0.39, 0.29) is 5.91 Å². The molecule has 1 amide bonds. The van der Waals surface area contributed by atoms with Crippen molar-refractivity contribution in [2.75, 3.05) is 5.32 Å². The molecule has 0 aromatic heterocycles. The van der Waals surface area contributed by atoms with E-state index in [9.17, 15) is 14.7 Å². The lowest BCUT2D eigenvalue weighted by atomic mass is 9.94. The monoisotopic (exact) mass is 219 g/mol. The van der Waals surface area contributed by atoms with Crippen molar-refractivity contribution in [1.29, 1.82) is 0 Å². The third-order valence-corrected chi connectivity index (χ3v) is 2.91. The highest BCUT2D eigenvalue weighted by atomic mass is 16.4. The Balaban J connectivity index is 2.41. The molecule has 1 aromatic carbocycles. The summed E-state index contributed by atoms with van der Waals surface area (Å²) in [6, 6.07) is 7.09. The molecule has 16 heavy (non-hydrogen) atoms. The predicted molar refractivity (Wildman–Crippen MR) is 59.3 cm³/mol. The minimum atomic E-state index is -0.815. The van der Waals surface area contributed by atoms with Crippen LogP contribution in [0, 0.1) is 0 Å². The molecule has 2 rings (SSSR count). The van der Waals surface area contributed by atoms with Gasteiger partial charge in [-0.2, -0.15) is 0 Å². The van der Waals surface area contributed by atoms with E-state index in [4.69, 9.17) is 0 Å². The number of anilines is 1. The third-order valence-electron chi connectivity index (χ3n) is 2.91. The molecule has 0 unspecified atom stereocenters. The standard InChI is InChI=1S/C12H13NO3/c1-8(14)13-10-5-3-2-4-9(10)12(6-7-12)11(15)16/h2-5H,6-7H2,1H3,(H,13,14)(H,15,16). The van der Waals surface area contributed by atoms with Crippen LogP contribution < -0.4 is 5.32 Å². The molecule has 1 aliphatic carbocycles. The average Bonchev–Trinajstić information content (AvgIpc) is 2.98. The van der Waals surface area contributed by atoms with Crippen molar-refractivity contribution < 1.29 is 14.7 Å². The second-order valence-corrected chi connectivity index (χ2v) is 4.11. The third kappa shape index (κ3) is 1.66. The Kier molecular flexibility index (Phi) is 2.42. The summed E-state index contributed by atoms with van der Waals surface area (Å²) in [5.41, 5.74) is 0.534. The molecule has 4 heteroatoms.